The van der Waals surface area contributed by atoms with Crippen molar-refractivity contribution in [2.75, 3.05) is 0 Å². The van der Waals surface area contributed by atoms with E-state index in [1.54, 1.807) is 0 Å². The number of carbonyl (C=O) groups is 1. The Morgan fingerprint density at radius 2 is 2.33 bits per heavy atom. The van der Waals surface area contributed by atoms with Crippen LogP contribution in [0.4, 0.5) is 4.39 Å². The highest BCUT2D eigenvalue weighted by molar-refractivity contribution is 6.31. The highest BCUT2D eigenvalue weighted by atomic mass is 35.5. The van der Waals surface area contributed by atoms with Gasteiger partial charge in [0.05, 0.1) is 0 Å². The van der Waals surface area contributed by atoms with Crippen molar-refractivity contribution in [3.05, 3.63) is 34.6 Å². The molecule has 1 atom stereocenters. The zero-order valence-corrected chi connectivity index (χ0v) is 8.88. The molecule has 0 amide bonds. The molecule has 0 fully saturated rings. The summed E-state index contributed by atoms with van der Waals surface area (Å²) in [5.74, 6) is -1.35. The molecule has 0 aliphatic rings. The summed E-state index contributed by atoms with van der Waals surface area (Å²) in [5.41, 5.74) is 0.546. The normalized spacial score (nSPS) is 12.5. The first-order valence-corrected chi connectivity index (χ1v) is 4.78. The van der Waals surface area contributed by atoms with Crippen molar-refractivity contribution in [1.29, 1.82) is 0 Å². The van der Waals surface area contributed by atoms with Gasteiger partial charge in [-0.05, 0) is 30.7 Å². The molecule has 0 saturated carbocycles. The minimum Gasteiger partial charge on any atom is -0.480 e. The highest BCUT2D eigenvalue weighted by Crippen LogP contribution is 2.16. The van der Waals surface area contributed by atoms with Crippen molar-refractivity contribution in [3.63, 3.8) is 0 Å². The predicted octanol–water partition coefficient (Wildman–Crippen LogP) is 2.04. The van der Waals surface area contributed by atoms with Gasteiger partial charge in [-0.3, -0.25) is 4.79 Å². The van der Waals surface area contributed by atoms with Crippen molar-refractivity contribution < 1.29 is 14.3 Å². The number of carboxylic acid groups (broad SMARTS) is 1. The fraction of sp³-hybridized carbons (Fsp3) is 0.300. The fourth-order valence-corrected chi connectivity index (χ4v) is 1.21. The first-order valence-electron chi connectivity index (χ1n) is 4.41. The molecule has 1 aromatic carbocycles. The monoisotopic (exact) mass is 231 g/mol. The van der Waals surface area contributed by atoms with Gasteiger partial charge < -0.3 is 10.4 Å². The summed E-state index contributed by atoms with van der Waals surface area (Å²) >= 11 is 5.81. The Labute approximate surface area is 91.9 Å². The standard InChI is InChI=1S/C10H11ClFNO2/c1-6(10(14)15)13-5-7-4-8(12)2-3-9(7)11/h2-4,6,13H,5H2,1H3,(H,14,15)/t6-/m0/s1. The number of hydrogen-bond donors (Lipinski definition) is 2. The topological polar surface area (TPSA) is 49.3 Å². The van der Waals surface area contributed by atoms with E-state index in [4.69, 9.17) is 16.7 Å². The van der Waals surface area contributed by atoms with E-state index in [2.05, 4.69) is 5.32 Å². The third-order valence-electron chi connectivity index (χ3n) is 1.98. The van der Waals surface area contributed by atoms with Gasteiger partial charge in [0.15, 0.2) is 0 Å². The van der Waals surface area contributed by atoms with E-state index in [0.717, 1.165) is 0 Å². The van der Waals surface area contributed by atoms with Crippen LogP contribution in [0.15, 0.2) is 18.2 Å². The van der Waals surface area contributed by atoms with Crippen LogP contribution >= 0.6 is 11.6 Å². The Hall–Kier alpha value is -1.13. The van der Waals surface area contributed by atoms with Crippen LogP contribution < -0.4 is 5.32 Å². The number of nitrogens with one attached hydrogen (secondary N) is 1. The van der Waals surface area contributed by atoms with Crippen LogP contribution in [0.3, 0.4) is 0 Å². The molecule has 0 aliphatic heterocycles. The van der Waals surface area contributed by atoms with Gasteiger partial charge in [-0.1, -0.05) is 11.6 Å². The Bertz CT molecular complexity index is 370. The van der Waals surface area contributed by atoms with E-state index in [-0.39, 0.29) is 12.4 Å². The molecule has 0 heterocycles. The molecule has 0 bridgehead atoms. The lowest BCUT2D eigenvalue weighted by Crippen LogP contribution is -2.33. The Balaban J connectivity index is 2.65. The largest absolute Gasteiger partial charge is 0.480 e. The summed E-state index contributed by atoms with van der Waals surface area (Å²) in [6, 6.07) is 3.29. The van der Waals surface area contributed by atoms with E-state index in [0.29, 0.717) is 10.6 Å². The van der Waals surface area contributed by atoms with Gasteiger partial charge in [-0.2, -0.15) is 0 Å². The molecule has 3 nitrogen and oxygen atoms in total. The van der Waals surface area contributed by atoms with Crippen LogP contribution in [0.25, 0.3) is 0 Å². The molecule has 1 rings (SSSR count). The molecule has 0 saturated heterocycles. The van der Waals surface area contributed by atoms with E-state index in [1.165, 1.54) is 25.1 Å². The zero-order valence-electron chi connectivity index (χ0n) is 8.13. The molecular weight excluding hydrogens is 221 g/mol. The van der Waals surface area contributed by atoms with Crippen LogP contribution in [0.1, 0.15) is 12.5 Å². The van der Waals surface area contributed by atoms with Gasteiger partial charge in [0.2, 0.25) is 0 Å². The second-order valence-electron chi connectivity index (χ2n) is 3.18. The number of benzene rings is 1. The van der Waals surface area contributed by atoms with E-state index < -0.39 is 12.0 Å². The molecular formula is C10H11ClFNO2. The van der Waals surface area contributed by atoms with Crippen LogP contribution in [0, 0.1) is 5.82 Å². The molecule has 1 aromatic rings. The first-order chi connectivity index (χ1) is 7.00. The van der Waals surface area contributed by atoms with Gasteiger partial charge in [-0.25, -0.2) is 4.39 Å². The molecule has 0 radical (unpaired) electrons. The van der Waals surface area contributed by atoms with Crippen LogP contribution in [-0.2, 0) is 11.3 Å². The second kappa shape index (κ2) is 5.09. The maximum absolute atomic E-state index is 12.8. The van der Waals surface area contributed by atoms with Crippen LogP contribution in [-0.4, -0.2) is 17.1 Å². The fourth-order valence-electron chi connectivity index (χ4n) is 1.03. The van der Waals surface area contributed by atoms with E-state index in [9.17, 15) is 9.18 Å². The van der Waals surface area contributed by atoms with Crippen molar-refractivity contribution in [2.45, 2.75) is 19.5 Å². The number of hydrogen-bond acceptors (Lipinski definition) is 2. The van der Waals surface area contributed by atoms with Crippen molar-refractivity contribution in [2.24, 2.45) is 0 Å². The molecule has 2 N–H and O–H groups in total. The van der Waals surface area contributed by atoms with E-state index in [1.807, 2.05) is 0 Å². The smallest absolute Gasteiger partial charge is 0.320 e. The number of aliphatic carboxylic acids is 1. The minimum absolute atomic E-state index is 0.226. The van der Waals surface area contributed by atoms with Crippen molar-refractivity contribution in [1.82, 2.24) is 5.32 Å². The summed E-state index contributed by atoms with van der Waals surface area (Å²) in [4.78, 5) is 10.5. The Kier molecular flexibility index (Phi) is 4.05. The summed E-state index contributed by atoms with van der Waals surface area (Å²) in [7, 11) is 0. The van der Waals surface area contributed by atoms with Crippen LogP contribution in [0.2, 0.25) is 5.02 Å². The molecule has 0 aliphatic carbocycles. The molecule has 0 aromatic heterocycles. The quantitative estimate of drug-likeness (QED) is 0.834. The number of carboxylic acids is 1. The predicted molar refractivity (Wildman–Crippen MR) is 55.3 cm³/mol. The SMILES string of the molecule is C[C@H](NCc1cc(F)ccc1Cl)C(=O)O. The average molecular weight is 232 g/mol. The van der Waals surface area contributed by atoms with Crippen molar-refractivity contribution in [3.8, 4) is 0 Å². The van der Waals surface area contributed by atoms with E-state index >= 15 is 0 Å². The maximum Gasteiger partial charge on any atom is 0.320 e. The second-order valence-corrected chi connectivity index (χ2v) is 3.58. The highest BCUT2D eigenvalue weighted by Gasteiger charge is 2.10. The molecule has 15 heavy (non-hydrogen) atoms. The summed E-state index contributed by atoms with van der Waals surface area (Å²) in [6.45, 7) is 1.74. The summed E-state index contributed by atoms with van der Waals surface area (Å²) < 4.78 is 12.8. The molecule has 0 unspecified atom stereocenters. The van der Waals surface area contributed by atoms with Gasteiger partial charge >= 0.3 is 5.97 Å². The maximum atomic E-state index is 12.8. The summed E-state index contributed by atoms with van der Waals surface area (Å²) in [5, 5.41) is 11.7. The average Bonchev–Trinajstić information content (AvgIpc) is 2.18. The number of halogens is 2. The van der Waals surface area contributed by atoms with Crippen molar-refractivity contribution >= 4 is 17.6 Å². The Morgan fingerprint density at radius 1 is 1.67 bits per heavy atom. The minimum atomic E-state index is -0.956. The molecule has 82 valence electrons. The lowest BCUT2D eigenvalue weighted by Gasteiger charge is -2.10. The first kappa shape index (κ1) is 11.9. The molecule has 0 spiro atoms. The van der Waals surface area contributed by atoms with Gasteiger partial charge in [-0.15, -0.1) is 0 Å². The van der Waals surface area contributed by atoms with Crippen LogP contribution in [0.5, 0.6) is 0 Å². The van der Waals surface area contributed by atoms with Gasteiger partial charge in [0.1, 0.15) is 11.9 Å². The zero-order chi connectivity index (χ0) is 11.4. The molecule has 5 heteroatoms. The Morgan fingerprint density at radius 3 is 2.93 bits per heavy atom. The lowest BCUT2D eigenvalue weighted by atomic mass is 10.2. The lowest BCUT2D eigenvalue weighted by molar-refractivity contribution is -0.139. The summed E-state index contributed by atoms with van der Waals surface area (Å²) in [6.07, 6.45) is 0. The number of rotatable bonds is 4. The third-order valence-corrected chi connectivity index (χ3v) is 2.35. The third kappa shape index (κ3) is 3.49. The van der Waals surface area contributed by atoms with Gasteiger partial charge in [0, 0.05) is 11.6 Å². The van der Waals surface area contributed by atoms with Gasteiger partial charge in [0.25, 0.3) is 0 Å².